The van der Waals surface area contributed by atoms with Crippen LogP contribution in [0.15, 0.2) is 6.33 Å². The second kappa shape index (κ2) is 3.74. The minimum absolute atomic E-state index is 0.242. The number of nitrogens with one attached hydrogen (secondary N) is 1. The normalized spacial score (nSPS) is 11.2. The molecular formula is C10H9ClN4O. The Labute approximate surface area is 96.9 Å². The van der Waals surface area contributed by atoms with E-state index in [4.69, 9.17) is 11.6 Å². The lowest BCUT2D eigenvalue weighted by Gasteiger charge is -2.05. The van der Waals surface area contributed by atoms with Crippen molar-refractivity contribution in [3.05, 3.63) is 17.3 Å². The zero-order valence-electron chi connectivity index (χ0n) is 8.74. The SMILES string of the molecule is CC(C)(O)C#Cc1nc(Cl)c2[nH]cnc2n1. The molecule has 0 fully saturated rings. The molecule has 2 aromatic heterocycles. The van der Waals surface area contributed by atoms with E-state index in [9.17, 15) is 5.11 Å². The minimum Gasteiger partial charge on any atom is -0.378 e. The molecule has 2 N–H and O–H groups in total. The van der Waals surface area contributed by atoms with Crippen LogP contribution in [0.25, 0.3) is 11.2 Å². The van der Waals surface area contributed by atoms with E-state index >= 15 is 0 Å². The van der Waals surface area contributed by atoms with E-state index in [1.807, 2.05) is 0 Å². The van der Waals surface area contributed by atoms with Gasteiger partial charge in [0, 0.05) is 0 Å². The van der Waals surface area contributed by atoms with E-state index in [1.165, 1.54) is 6.33 Å². The summed E-state index contributed by atoms with van der Waals surface area (Å²) in [5, 5.41) is 9.70. The Hall–Kier alpha value is -1.64. The molecule has 0 bridgehead atoms. The first-order valence-electron chi connectivity index (χ1n) is 4.58. The standard InChI is InChI=1S/C10H9ClN4O/c1-10(2,16)4-3-6-14-8(11)7-9(15-6)13-5-12-7/h5,16H,1-2H3,(H,12,13,14,15). The summed E-state index contributed by atoms with van der Waals surface area (Å²) in [5.41, 5.74) is -0.0494. The van der Waals surface area contributed by atoms with E-state index in [0.29, 0.717) is 11.2 Å². The Bertz CT molecular complexity index is 588. The van der Waals surface area contributed by atoms with Crippen LogP contribution >= 0.6 is 11.6 Å². The maximum Gasteiger partial charge on any atom is 0.208 e. The third-order valence-electron chi connectivity index (χ3n) is 1.72. The van der Waals surface area contributed by atoms with Gasteiger partial charge in [0.2, 0.25) is 5.82 Å². The largest absolute Gasteiger partial charge is 0.378 e. The van der Waals surface area contributed by atoms with Gasteiger partial charge in [-0.25, -0.2) is 9.97 Å². The molecule has 0 atom stereocenters. The Morgan fingerprint density at radius 3 is 2.88 bits per heavy atom. The molecule has 0 radical (unpaired) electrons. The zero-order valence-corrected chi connectivity index (χ0v) is 9.50. The third kappa shape index (κ3) is 2.30. The molecule has 0 aliphatic heterocycles. The van der Waals surface area contributed by atoms with Gasteiger partial charge in [0.25, 0.3) is 0 Å². The van der Waals surface area contributed by atoms with E-state index in [0.717, 1.165) is 0 Å². The van der Waals surface area contributed by atoms with Gasteiger partial charge in [-0.1, -0.05) is 17.5 Å². The maximum absolute atomic E-state index is 9.44. The van der Waals surface area contributed by atoms with Crippen LogP contribution < -0.4 is 0 Å². The Balaban J connectivity index is 2.49. The van der Waals surface area contributed by atoms with Crippen molar-refractivity contribution >= 4 is 22.8 Å². The van der Waals surface area contributed by atoms with Crippen LogP contribution in [-0.4, -0.2) is 30.6 Å². The highest BCUT2D eigenvalue weighted by Crippen LogP contribution is 2.15. The highest BCUT2D eigenvalue weighted by Gasteiger charge is 2.08. The van der Waals surface area contributed by atoms with Crippen molar-refractivity contribution in [2.24, 2.45) is 0 Å². The number of halogens is 1. The van der Waals surface area contributed by atoms with Crippen molar-refractivity contribution in [1.29, 1.82) is 0 Å². The van der Waals surface area contributed by atoms with Crippen molar-refractivity contribution in [3.63, 3.8) is 0 Å². The topological polar surface area (TPSA) is 74.7 Å². The number of rotatable bonds is 0. The lowest BCUT2D eigenvalue weighted by Crippen LogP contribution is -2.14. The summed E-state index contributed by atoms with van der Waals surface area (Å²) in [5.74, 6) is 5.50. The predicted molar refractivity (Wildman–Crippen MR) is 59.9 cm³/mol. The average molecular weight is 237 g/mol. The van der Waals surface area contributed by atoms with E-state index in [1.54, 1.807) is 13.8 Å². The van der Waals surface area contributed by atoms with Crippen LogP contribution in [-0.2, 0) is 0 Å². The molecule has 0 saturated carbocycles. The molecule has 2 aromatic rings. The van der Waals surface area contributed by atoms with E-state index in [2.05, 4.69) is 31.8 Å². The van der Waals surface area contributed by atoms with Gasteiger partial charge >= 0.3 is 0 Å². The quantitative estimate of drug-likeness (QED) is 0.531. The first kappa shape index (κ1) is 10.9. The summed E-state index contributed by atoms with van der Waals surface area (Å²) in [4.78, 5) is 14.8. The number of hydrogen-bond donors (Lipinski definition) is 2. The molecule has 2 rings (SSSR count). The fourth-order valence-corrected chi connectivity index (χ4v) is 1.28. The number of nitrogens with zero attached hydrogens (tertiary/aromatic N) is 3. The lowest BCUT2D eigenvalue weighted by atomic mass is 10.1. The number of imidazole rings is 1. The Morgan fingerprint density at radius 2 is 2.19 bits per heavy atom. The lowest BCUT2D eigenvalue weighted by molar-refractivity contribution is 0.143. The van der Waals surface area contributed by atoms with Crippen molar-refractivity contribution in [2.75, 3.05) is 0 Å². The van der Waals surface area contributed by atoms with Crippen molar-refractivity contribution in [3.8, 4) is 11.8 Å². The molecule has 5 nitrogen and oxygen atoms in total. The minimum atomic E-state index is -1.09. The second-order valence-electron chi connectivity index (χ2n) is 3.75. The van der Waals surface area contributed by atoms with Gasteiger partial charge in [-0.15, -0.1) is 0 Å². The first-order valence-corrected chi connectivity index (χ1v) is 4.96. The summed E-state index contributed by atoms with van der Waals surface area (Å²) in [6.45, 7) is 3.16. The molecule has 0 aliphatic carbocycles. The third-order valence-corrected chi connectivity index (χ3v) is 2.00. The van der Waals surface area contributed by atoms with Crippen molar-refractivity contribution < 1.29 is 5.11 Å². The van der Waals surface area contributed by atoms with Gasteiger partial charge in [-0.2, -0.15) is 4.98 Å². The van der Waals surface area contributed by atoms with Crippen LogP contribution in [0.4, 0.5) is 0 Å². The average Bonchev–Trinajstić information content (AvgIpc) is 2.62. The number of aromatic amines is 1. The summed E-state index contributed by atoms with van der Waals surface area (Å²) < 4.78 is 0. The van der Waals surface area contributed by atoms with Crippen LogP contribution in [0.2, 0.25) is 5.15 Å². The van der Waals surface area contributed by atoms with Crippen LogP contribution in [0.5, 0.6) is 0 Å². The highest BCUT2D eigenvalue weighted by atomic mass is 35.5. The Kier molecular flexibility index (Phi) is 2.54. The molecule has 6 heteroatoms. The fraction of sp³-hybridized carbons (Fsp3) is 0.300. The molecule has 0 amide bonds. The first-order chi connectivity index (χ1) is 7.46. The molecule has 0 spiro atoms. The van der Waals surface area contributed by atoms with Crippen LogP contribution in [0.3, 0.4) is 0 Å². The number of hydrogen-bond acceptors (Lipinski definition) is 4. The number of aliphatic hydroxyl groups is 1. The second-order valence-corrected chi connectivity index (χ2v) is 4.11. The predicted octanol–water partition coefficient (Wildman–Crippen LogP) is 1.13. The molecular weight excluding hydrogens is 228 g/mol. The monoisotopic (exact) mass is 236 g/mol. The summed E-state index contributed by atoms with van der Waals surface area (Å²) in [6, 6.07) is 0. The molecule has 0 saturated heterocycles. The van der Waals surface area contributed by atoms with Gasteiger partial charge in [-0.05, 0) is 19.8 Å². The molecule has 0 unspecified atom stereocenters. The van der Waals surface area contributed by atoms with Crippen molar-refractivity contribution in [2.45, 2.75) is 19.4 Å². The maximum atomic E-state index is 9.44. The molecule has 0 aromatic carbocycles. The van der Waals surface area contributed by atoms with Crippen LogP contribution in [0, 0.1) is 11.8 Å². The molecule has 2 heterocycles. The zero-order chi connectivity index (χ0) is 11.8. The van der Waals surface area contributed by atoms with Crippen molar-refractivity contribution in [1.82, 2.24) is 19.9 Å². The van der Waals surface area contributed by atoms with Gasteiger partial charge < -0.3 is 10.1 Å². The Morgan fingerprint density at radius 1 is 1.44 bits per heavy atom. The van der Waals surface area contributed by atoms with Crippen LogP contribution in [0.1, 0.15) is 19.7 Å². The number of H-pyrrole nitrogens is 1. The van der Waals surface area contributed by atoms with E-state index < -0.39 is 5.60 Å². The summed E-state index contributed by atoms with van der Waals surface area (Å²) in [7, 11) is 0. The molecule has 82 valence electrons. The number of fused-ring (bicyclic) bond motifs is 1. The molecule has 0 aliphatic rings. The van der Waals surface area contributed by atoms with E-state index in [-0.39, 0.29) is 11.0 Å². The van der Waals surface area contributed by atoms with Gasteiger partial charge in [0.1, 0.15) is 11.1 Å². The number of aromatic nitrogens is 4. The van der Waals surface area contributed by atoms with Gasteiger partial charge in [-0.3, -0.25) is 0 Å². The smallest absolute Gasteiger partial charge is 0.208 e. The fourth-order valence-electron chi connectivity index (χ4n) is 1.06. The van der Waals surface area contributed by atoms with Gasteiger partial charge in [0.05, 0.1) is 6.33 Å². The summed E-state index contributed by atoms with van der Waals surface area (Å²) >= 11 is 5.90. The molecule has 16 heavy (non-hydrogen) atoms. The summed E-state index contributed by atoms with van der Waals surface area (Å²) in [6.07, 6.45) is 1.48. The highest BCUT2D eigenvalue weighted by molar-refractivity contribution is 6.33. The van der Waals surface area contributed by atoms with Gasteiger partial charge in [0.15, 0.2) is 10.8 Å².